The van der Waals surface area contributed by atoms with Crippen molar-refractivity contribution in [3.63, 3.8) is 0 Å². The molecule has 0 fully saturated rings. The third-order valence-electron chi connectivity index (χ3n) is 9.63. The van der Waals surface area contributed by atoms with Crippen molar-refractivity contribution in [2.24, 2.45) is 0 Å². The van der Waals surface area contributed by atoms with Crippen molar-refractivity contribution >= 4 is 53.9 Å². The minimum Gasteiger partial charge on any atom is -0.455 e. The summed E-state index contributed by atoms with van der Waals surface area (Å²) in [6.45, 7) is 0. The van der Waals surface area contributed by atoms with Crippen LogP contribution in [0.3, 0.4) is 0 Å². The predicted molar refractivity (Wildman–Crippen MR) is 190 cm³/mol. The number of rotatable bonds is 2. The molecule has 1 aliphatic heterocycles. The molecule has 208 valence electrons. The van der Waals surface area contributed by atoms with Crippen LogP contribution in [0.15, 0.2) is 158 Å². The van der Waals surface area contributed by atoms with Gasteiger partial charge in [-0.15, -0.1) is 0 Å². The quantitative estimate of drug-likeness (QED) is 0.148. The molecule has 45 heavy (non-hydrogen) atoms. The van der Waals surface area contributed by atoms with Gasteiger partial charge in [0.05, 0.1) is 0 Å². The Balaban J connectivity index is 1.37. The van der Waals surface area contributed by atoms with Gasteiger partial charge in [0.25, 0.3) is 0 Å². The molecule has 9 aromatic carbocycles. The fourth-order valence-corrected chi connectivity index (χ4v) is 7.72. The van der Waals surface area contributed by atoms with Crippen LogP contribution in [0, 0.1) is 0 Å². The van der Waals surface area contributed by atoms with E-state index in [2.05, 4.69) is 158 Å². The van der Waals surface area contributed by atoms with Crippen molar-refractivity contribution in [3.05, 3.63) is 158 Å². The molecule has 0 N–H and O–H groups in total. The number of fused-ring (bicyclic) bond motifs is 8. The maximum absolute atomic E-state index is 6.78. The second-order valence-electron chi connectivity index (χ2n) is 12.0. The van der Waals surface area contributed by atoms with E-state index in [4.69, 9.17) is 4.74 Å². The molecule has 0 saturated heterocycles. The normalized spacial score (nSPS) is 12.2. The van der Waals surface area contributed by atoms with Crippen molar-refractivity contribution < 1.29 is 4.74 Å². The highest BCUT2D eigenvalue weighted by atomic mass is 16.5. The second-order valence-corrected chi connectivity index (χ2v) is 12.0. The number of hydrogen-bond donors (Lipinski definition) is 0. The average molecular weight is 571 g/mol. The molecule has 0 unspecified atom stereocenters. The van der Waals surface area contributed by atoms with E-state index in [1.165, 1.54) is 76.3 Å². The lowest BCUT2D eigenvalue weighted by Gasteiger charge is -2.25. The van der Waals surface area contributed by atoms with Crippen molar-refractivity contribution in [1.82, 2.24) is 0 Å². The van der Waals surface area contributed by atoms with Gasteiger partial charge in [-0.1, -0.05) is 140 Å². The van der Waals surface area contributed by atoms with Crippen LogP contribution in [-0.4, -0.2) is 0 Å². The first-order valence-corrected chi connectivity index (χ1v) is 15.5. The van der Waals surface area contributed by atoms with Crippen LogP contribution < -0.4 is 4.74 Å². The third kappa shape index (κ3) is 3.44. The molecule has 0 saturated carbocycles. The summed E-state index contributed by atoms with van der Waals surface area (Å²) >= 11 is 0. The fourth-order valence-electron chi connectivity index (χ4n) is 7.72. The Morgan fingerprint density at radius 1 is 0.311 bits per heavy atom. The molecule has 0 bridgehead atoms. The summed E-state index contributed by atoms with van der Waals surface area (Å²) in [7, 11) is 0. The Bertz CT molecular complexity index is 2670. The lowest BCUT2D eigenvalue weighted by molar-refractivity contribution is 0.493. The van der Waals surface area contributed by atoms with E-state index in [0.29, 0.717) is 0 Å². The van der Waals surface area contributed by atoms with Gasteiger partial charge in [0, 0.05) is 16.3 Å². The van der Waals surface area contributed by atoms with Crippen molar-refractivity contribution in [2.45, 2.75) is 0 Å². The molecule has 0 radical (unpaired) electrons. The second kappa shape index (κ2) is 9.29. The lowest BCUT2D eigenvalue weighted by Crippen LogP contribution is -1.99. The Morgan fingerprint density at radius 2 is 0.933 bits per heavy atom. The van der Waals surface area contributed by atoms with Crippen LogP contribution in [0.1, 0.15) is 0 Å². The van der Waals surface area contributed by atoms with E-state index >= 15 is 0 Å². The third-order valence-corrected chi connectivity index (χ3v) is 9.63. The highest BCUT2D eigenvalue weighted by Crippen LogP contribution is 2.53. The van der Waals surface area contributed by atoms with Gasteiger partial charge in [-0.3, -0.25) is 0 Å². The van der Waals surface area contributed by atoms with Gasteiger partial charge in [0.1, 0.15) is 11.5 Å². The first-order valence-electron chi connectivity index (χ1n) is 15.5. The van der Waals surface area contributed by atoms with E-state index in [1.807, 2.05) is 0 Å². The summed E-state index contributed by atoms with van der Waals surface area (Å²) in [6.07, 6.45) is 0. The zero-order valence-corrected chi connectivity index (χ0v) is 24.4. The molecule has 9 aromatic rings. The summed E-state index contributed by atoms with van der Waals surface area (Å²) in [5.41, 5.74) is 7.36. The summed E-state index contributed by atoms with van der Waals surface area (Å²) in [5, 5.41) is 12.3. The molecule has 1 heteroatoms. The van der Waals surface area contributed by atoms with Crippen LogP contribution in [0.4, 0.5) is 0 Å². The first kappa shape index (κ1) is 24.5. The minimum absolute atomic E-state index is 0.910. The summed E-state index contributed by atoms with van der Waals surface area (Å²) in [6, 6.07) is 57.2. The van der Waals surface area contributed by atoms with Crippen LogP contribution >= 0.6 is 0 Å². The minimum atomic E-state index is 0.910. The molecule has 0 aromatic heterocycles. The molecule has 0 aliphatic carbocycles. The standard InChI is InChI=1S/C44H26O/c1-2-13-29(14-3-1)40-32-17-8-9-18-34(32)43(42-30-15-6-4-11-27(30)22-24-38(40)42)36-25-26-39-41-33(36)19-10-20-35(41)37-23-21-28-12-5-7-16-31(28)44(37)45-39/h1-26H. The van der Waals surface area contributed by atoms with Crippen LogP contribution in [0.5, 0.6) is 11.5 Å². The summed E-state index contributed by atoms with van der Waals surface area (Å²) in [5.74, 6) is 1.85. The number of benzene rings is 9. The van der Waals surface area contributed by atoms with Crippen LogP contribution in [0.25, 0.3) is 87.2 Å². The van der Waals surface area contributed by atoms with E-state index < -0.39 is 0 Å². The Hall–Kier alpha value is -5.92. The topological polar surface area (TPSA) is 9.23 Å². The van der Waals surface area contributed by atoms with Gasteiger partial charge < -0.3 is 4.74 Å². The smallest absolute Gasteiger partial charge is 0.143 e. The predicted octanol–water partition coefficient (Wildman–Crippen LogP) is 12.6. The maximum Gasteiger partial charge on any atom is 0.143 e. The van der Waals surface area contributed by atoms with E-state index in [9.17, 15) is 0 Å². The molecule has 0 amide bonds. The van der Waals surface area contributed by atoms with Gasteiger partial charge in [-0.2, -0.15) is 0 Å². The largest absolute Gasteiger partial charge is 0.455 e. The molecule has 0 spiro atoms. The highest BCUT2D eigenvalue weighted by Gasteiger charge is 2.25. The van der Waals surface area contributed by atoms with Gasteiger partial charge in [0.15, 0.2) is 0 Å². The first-order chi connectivity index (χ1) is 22.3. The van der Waals surface area contributed by atoms with Gasteiger partial charge >= 0.3 is 0 Å². The number of hydrogen-bond acceptors (Lipinski definition) is 1. The van der Waals surface area contributed by atoms with Crippen LogP contribution in [0.2, 0.25) is 0 Å². The van der Waals surface area contributed by atoms with E-state index in [-0.39, 0.29) is 0 Å². The SMILES string of the molecule is c1ccc(-c2c3ccccc3c(-c3ccc4c5c(cccc35)-c3ccc5ccccc5c3O4)c3c2ccc2ccccc23)cc1. The van der Waals surface area contributed by atoms with Gasteiger partial charge in [-0.25, -0.2) is 0 Å². The molecular formula is C44H26O. The maximum atomic E-state index is 6.78. The number of ether oxygens (including phenoxy) is 1. The molecule has 1 aliphatic rings. The molecule has 10 rings (SSSR count). The zero-order valence-electron chi connectivity index (χ0n) is 24.4. The molecule has 1 nitrogen and oxygen atoms in total. The van der Waals surface area contributed by atoms with Gasteiger partial charge in [0.2, 0.25) is 0 Å². The van der Waals surface area contributed by atoms with Crippen molar-refractivity contribution in [1.29, 1.82) is 0 Å². The monoisotopic (exact) mass is 570 g/mol. The average Bonchev–Trinajstić information content (AvgIpc) is 3.11. The van der Waals surface area contributed by atoms with Crippen molar-refractivity contribution in [3.8, 4) is 44.9 Å². The Kier molecular flexibility index (Phi) is 5.06. The lowest BCUT2D eigenvalue weighted by atomic mass is 9.82. The highest BCUT2D eigenvalue weighted by molar-refractivity contribution is 6.30. The fraction of sp³-hybridized carbons (Fsp3) is 0. The van der Waals surface area contributed by atoms with E-state index in [1.54, 1.807) is 0 Å². The van der Waals surface area contributed by atoms with E-state index in [0.717, 1.165) is 22.4 Å². The Morgan fingerprint density at radius 3 is 1.76 bits per heavy atom. The summed E-state index contributed by atoms with van der Waals surface area (Å²) < 4.78 is 6.78. The van der Waals surface area contributed by atoms with Gasteiger partial charge in [-0.05, 0) is 89.1 Å². The molecule has 1 heterocycles. The zero-order chi connectivity index (χ0) is 29.5. The molecule has 0 atom stereocenters. The Labute approximate surface area is 260 Å². The van der Waals surface area contributed by atoms with Crippen molar-refractivity contribution in [2.75, 3.05) is 0 Å². The molecular weight excluding hydrogens is 544 g/mol. The van der Waals surface area contributed by atoms with Crippen LogP contribution in [-0.2, 0) is 0 Å². The summed E-state index contributed by atoms with van der Waals surface area (Å²) in [4.78, 5) is 0.